The Kier molecular flexibility index (Phi) is 4.12. The third-order valence-corrected chi connectivity index (χ3v) is 2.76. The molecule has 1 fully saturated rings. The molecule has 0 aromatic heterocycles. The van der Waals surface area contributed by atoms with Crippen LogP contribution in [0.25, 0.3) is 0 Å². The SMILES string of the molecule is Cc1ccccc1C(=O)NCC1COCCO1. The minimum atomic E-state index is -0.0581. The fraction of sp³-hybridized carbons (Fsp3) is 0.462. The highest BCUT2D eigenvalue weighted by Gasteiger charge is 2.16. The number of nitrogens with one attached hydrogen (secondary N) is 1. The summed E-state index contributed by atoms with van der Waals surface area (Å²) in [5, 5.41) is 2.87. The first-order valence-electron chi connectivity index (χ1n) is 5.80. The van der Waals surface area contributed by atoms with E-state index in [1.165, 1.54) is 0 Å². The van der Waals surface area contributed by atoms with Crippen molar-refractivity contribution in [1.29, 1.82) is 0 Å². The van der Waals surface area contributed by atoms with E-state index in [2.05, 4.69) is 5.32 Å². The second-order valence-corrected chi connectivity index (χ2v) is 4.09. The van der Waals surface area contributed by atoms with Crippen molar-refractivity contribution in [2.24, 2.45) is 0 Å². The Morgan fingerprint density at radius 3 is 2.94 bits per heavy atom. The summed E-state index contributed by atoms with van der Waals surface area (Å²) in [6, 6.07) is 7.53. The molecule has 0 aliphatic carbocycles. The van der Waals surface area contributed by atoms with Crippen LogP contribution in [-0.2, 0) is 9.47 Å². The number of carbonyl (C=O) groups is 1. The lowest BCUT2D eigenvalue weighted by molar-refractivity contribution is -0.0855. The predicted molar refractivity (Wildman–Crippen MR) is 64.1 cm³/mol. The van der Waals surface area contributed by atoms with Crippen molar-refractivity contribution < 1.29 is 14.3 Å². The molecule has 4 heteroatoms. The maximum atomic E-state index is 11.9. The van der Waals surface area contributed by atoms with Gasteiger partial charge in [0.2, 0.25) is 0 Å². The molecule has 1 aliphatic rings. The molecule has 1 heterocycles. The highest BCUT2D eigenvalue weighted by molar-refractivity contribution is 5.95. The van der Waals surface area contributed by atoms with Gasteiger partial charge in [0.25, 0.3) is 5.91 Å². The van der Waals surface area contributed by atoms with Gasteiger partial charge in [-0.25, -0.2) is 0 Å². The van der Waals surface area contributed by atoms with Gasteiger partial charge in [0.05, 0.1) is 25.9 Å². The number of ether oxygens (including phenoxy) is 2. The lowest BCUT2D eigenvalue weighted by atomic mass is 10.1. The molecule has 1 unspecified atom stereocenters. The molecule has 1 aromatic rings. The van der Waals surface area contributed by atoms with Crippen LogP contribution < -0.4 is 5.32 Å². The van der Waals surface area contributed by atoms with Crippen LogP contribution in [0.15, 0.2) is 24.3 Å². The van der Waals surface area contributed by atoms with Crippen molar-refractivity contribution >= 4 is 5.91 Å². The van der Waals surface area contributed by atoms with E-state index in [4.69, 9.17) is 9.47 Å². The molecule has 1 amide bonds. The van der Waals surface area contributed by atoms with Crippen LogP contribution in [0.4, 0.5) is 0 Å². The van der Waals surface area contributed by atoms with Crippen molar-refractivity contribution in [2.45, 2.75) is 13.0 Å². The van der Waals surface area contributed by atoms with E-state index >= 15 is 0 Å². The molecule has 92 valence electrons. The molecule has 0 radical (unpaired) electrons. The number of hydrogen-bond acceptors (Lipinski definition) is 3. The summed E-state index contributed by atoms with van der Waals surface area (Å²) in [6.45, 7) is 4.21. The van der Waals surface area contributed by atoms with Crippen LogP contribution in [0.1, 0.15) is 15.9 Å². The second-order valence-electron chi connectivity index (χ2n) is 4.09. The Morgan fingerprint density at radius 2 is 2.24 bits per heavy atom. The minimum absolute atomic E-state index is 0.0308. The Hall–Kier alpha value is -1.39. The summed E-state index contributed by atoms with van der Waals surface area (Å²) in [5.41, 5.74) is 1.69. The number of hydrogen-bond donors (Lipinski definition) is 1. The number of aryl methyl sites for hydroxylation is 1. The first-order valence-corrected chi connectivity index (χ1v) is 5.80. The fourth-order valence-electron chi connectivity index (χ4n) is 1.78. The summed E-state index contributed by atoms with van der Waals surface area (Å²) in [5.74, 6) is -0.0581. The van der Waals surface area contributed by atoms with E-state index < -0.39 is 0 Å². The normalized spacial score (nSPS) is 19.9. The summed E-state index contributed by atoms with van der Waals surface area (Å²) in [7, 11) is 0. The summed E-state index contributed by atoms with van der Waals surface area (Å²) < 4.78 is 10.7. The van der Waals surface area contributed by atoms with E-state index in [9.17, 15) is 4.79 Å². The number of benzene rings is 1. The molecule has 1 aromatic carbocycles. The number of amides is 1. The highest BCUT2D eigenvalue weighted by atomic mass is 16.6. The van der Waals surface area contributed by atoms with Crippen molar-refractivity contribution in [3.8, 4) is 0 Å². The average Bonchev–Trinajstić information content (AvgIpc) is 2.38. The van der Waals surface area contributed by atoms with Gasteiger partial charge in [0.15, 0.2) is 0 Å². The minimum Gasteiger partial charge on any atom is -0.376 e. The fourth-order valence-corrected chi connectivity index (χ4v) is 1.78. The van der Waals surface area contributed by atoms with Gasteiger partial charge in [-0.1, -0.05) is 18.2 Å². The molecule has 1 aliphatic heterocycles. The molecule has 4 nitrogen and oxygen atoms in total. The van der Waals surface area contributed by atoms with Crippen molar-refractivity contribution in [3.05, 3.63) is 35.4 Å². The van der Waals surface area contributed by atoms with Crippen LogP contribution in [-0.4, -0.2) is 38.4 Å². The Bertz CT molecular complexity index is 386. The molecule has 2 rings (SSSR count). The van der Waals surface area contributed by atoms with E-state index in [1.807, 2.05) is 31.2 Å². The van der Waals surface area contributed by atoms with Gasteiger partial charge in [-0.15, -0.1) is 0 Å². The van der Waals surface area contributed by atoms with E-state index in [-0.39, 0.29) is 12.0 Å². The predicted octanol–water partition coefficient (Wildman–Crippen LogP) is 1.14. The largest absolute Gasteiger partial charge is 0.376 e. The van der Waals surface area contributed by atoms with Gasteiger partial charge >= 0.3 is 0 Å². The Labute approximate surface area is 101 Å². The lowest BCUT2D eigenvalue weighted by Gasteiger charge is -2.23. The van der Waals surface area contributed by atoms with Crippen molar-refractivity contribution in [3.63, 3.8) is 0 Å². The standard InChI is InChI=1S/C13H17NO3/c1-10-4-2-3-5-12(10)13(15)14-8-11-9-16-6-7-17-11/h2-5,11H,6-9H2,1H3,(H,14,15). The van der Waals surface area contributed by atoms with Gasteiger partial charge in [-0.05, 0) is 18.6 Å². The van der Waals surface area contributed by atoms with Crippen molar-refractivity contribution in [1.82, 2.24) is 5.32 Å². The topological polar surface area (TPSA) is 47.6 Å². The van der Waals surface area contributed by atoms with Gasteiger partial charge in [-0.3, -0.25) is 4.79 Å². The van der Waals surface area contributed by atoms with Crippen LogP contribution in [0, 0.1) is 6.92 Å². The summed E-state index contributed by atoms with van der Waals surface area (Å²) >= 11 is 0. The monoisotopic (exact) mass is 235 g/mol. The van der Waals surface area contributed by atoms with Crippen LogP contribution in [0.2, 0.25) is 0 Å². The van der Waals surface area contributed by atoms with Gasteiger partial charge in [-0.2, -0.15) is 0 Å². The molecular weight excluding hydrogens is 218 g/mol. The first kappa shape index (κ1) is 12.1. The average molecular weight is 235 g/mol. The van der Waals surface area contributed by atoms with Crippen molar-refractivity contribution in [2.75, 3.05) is 26.4 Å². The van der Waals surface area contributed by atoms with E-state index in [0.717, 1.165) is 5.56 Å². The molecular formula is C13H17NO3. The number of carbonyl (C=O) groups excluding carboxylic acids is 1. The first-order chi connectivity index (χ1) is 8.27. The lowest BCUT2D eigenvalue weighted by Crippen LogP contribution is -2.39. The quantitative estimate of drug-likeness (QED) is 0.854. The third-order valence-electron chi connectivity index (χ3n) is 2.76. The molecule has 0 saturated carbocycles. The summed E-state index contributed by atoms with van der Waals surface area (Å²) in [4.78, 5) is 11.9. The molecule has 1 saturated heterocycles. The highest BCUT2D eigenvalue weighted by Crippen LogP contribution is 2.07. The van der Waals surface area contributed by atoms with Gasteiger partial charge in [0, 0.05) is 12.1 Å². The molecule has 17 heavy (non-hydrogen) atoms. The van der Waals surface area contributed by atoms with Crippen LogP contribution in [0.3, 0.4) is 0 Å². The van der Waals surface area contributed by atoms with E-state index in [0.29, 0.717) is 31.9 Å². The smallest absolute Gasteiger partial charge is 0.251 e. The maximum Gasteiger partial charge on any atom is 0.251 e. The second kappa shape index (κ2) is 5.80. The Balaban J connectivity index is 1.87. The van der Waals surface area contributed by atoms with Gasteiger partial charge < -0.3 is 14.8 Å². The molecule has 0 bridgehead atoms. The maximum absolute atomic E-state index is 11.9. The zero-order valence-corrected chi connectivity index (χ0v) is 9.94. The summed E-state index contributed by atoms with van der Waals surface area (Å²) in [6.07, 6.45) is -0.0308. The van der Waals surface area contributed by atoms with Gasteiger partial charge in [0.1, 0.15) is 0 Å². The van der Waals surface area contributed by atoms with Crippen LogP contribution >= 0.6 is 0 Å². The zero-order chi connectivity index (χ0) is 12.1. The van der Waals surface area contributed by atoms with Crippen LogP contribution in [0.5, 0.6) is 0 Å². The Morgan fingerprint density at radius 1 is 1.41 bits per heavy atom. The van der Waals surface area contributed by atoms with E-state index in [1.54, 1.807) is 0 Å². The third kappa shape index (κ3) is 3.28. The molecule has 1 N–H and O–H groups in total. The number of rotatable bonds is 3. The molecule has 1 atom stereocenters. The zero-order valence-electron chi connectivity index (χ0n) is 9.94. The molecule has 0 spiro atoms.